The maximum atomic E-state index is 10.2. The van der Waals surface area contributed by atoms with Gasteiger partial charge in [0.15, 0.2) is 0 Å². The summed E-state index contributed by atoms with van der Waals surface area (Å²) in [6.07, 6.45) is 4.56. The van der Waals surface area contributed by atoms with Crippen molar-refractivity contribution in [1.82, 2.24) is 0 Å². The van der Waals surface area contributed by atoms with Gasteiger partial charge in [0.25, 0.3) is 0 Å². The van der Waals surface area contributed by atoms with Crippen molar-refractivity contribution < 1.29 is 9.90 Å². The monoisotopic (exact) mass is 190 g/mol. The van der Waals surface area contributed by atoms with E-state index in [1.165, 1.54) is 17.2 Å². The van der Waals surface area contributed by atoms with Gasteiger partial charge in [-0.15, -0.1) is 0 Å². The fourth-order valence-corrected chi connectivity index (χ4v) is 1.31. The Morgan fingerprint density at radius 1 is 1.43 bits per heavy atom. The summed E-state index contributed by atoms with van der Waals surface area (Å²) in [6.45, 7) is 2.07. The van der Waals surface area contributed by atoms with E-state index < -0.39 is 5.97 Å². The molecular formula is C12H14O2. The number of aryl methyl sites for hydroxylation is 2. The molecule has 0 atom stereocenters. The van der Waals surface area contributed by atoms with Gasteiger partial charge in [0.1, 0.15) is 0 Å². The third-order valence-corrected chi connectivity index (χ3v) is 2.10. The van der Waals surface area contributed by atoms with E-state index in [2.05, 4.69) is 19.1 Å². The normalized spacial score (nSPS) is 10.6. The predicted molar refractivity (Wildman–Crippen MR) is 56.3 cm³/mol. The van der Waals surface area contributed by atoms with Crippen LogP contribution < -0.4 is 0 Å². The number of rotatable bonds is 4. The number of carboxylic acid groups (broad SMARTS) is 1. The third kappa shape index (κ3) is 3.44. The molecule has 0 aliphatic carbocycles. The molecule has 2 nitrogen and oxygen atoms in total. The number of benzene rings is 1. The van der Waals surface area contributed by atoms with Crippen LogP contribution in [0.1, 0.15) is 17.5 Å². The summed E-state index contributed by atoms with van der Waals surface area (Å²) >= 11 is 0. The Labute approximate surface area is 83.9 Å². The molecule has 0 saturated heterocycles. The van der Waals surface area contributed by atoms with Gasteiger partial charge in [-0.2, -0.15) is 0 Å². The van der Waals surface area contributed by atoms with E-state index in [0.717, 1.165) is 12.8 Å². The Kier molecular flexibility index (Phi) is 3.92. The van der Waals surface area contributed by atoms with Gasteiger partial charge in [0.05, 0.1) is 0 Å². The fraction of sp³-hybridized carbons (Fsp3) is 0.250. The molecule has 1 N–H and O–H groups in total. The molecule has 0 aliphatic rings. The first-order valence-electron chi connectivity index (χ1n) is 4.64. The van der Waals surface area contributed by atoms with E-state index in [0.29, 0.717) is 0 Å². The number of aliphatic carboxylic acids is 1. The van der Waals surface area contributed by atoms with Crippen molar-refractivity contribution in [3.05, 3.63) is 47.5 Å². The van der Waals surface area contributed by atoms with Crippen molar-refractivity contribution in [3.8, 4) is 0 Å². The van der Waals surface area contributed by atoms with E-state index in [1.807, 2.05) is 12.1 Å². The maximum Gasteiger partial charge on any atom is 0.327 e. The van der Waals surface area contributed by atoms with E-state index in [9.17, 15) is 4.79 Å². The molecule has 0 aliphatic heterocycles. The van der Waals surface area contributed by atoms with Gasteiger partial charge in [-0.05, 0) is 30.9 Å². The predicted octanol–water partition coefficient (Wildman–Crippen LogP) is 2.57. The smallest absolute Gasteiger partial charge is 0.327 e. The number of hydrogen-bond donors (Lipinski definition) is 1. The Balaban J connectivity index is 2.46. The van der Waals surface area contributed by atoms with Crippen LogP contribution in [0.2, 0.25) is 0 Å². The van der Waals surface area contributed by atoms with Crippen LogP contribution >= 0.6 is 0 Å². The minimum absolute atomic E-state index is 0.775. The molecule has 0 aromatic heterocycles. The van der Waals surface area contributed by atoms with Crippen LogP contribution in [0.5, 0.6) is 0 Å². The summed E-state index contributed by atoms with van der Waals surface area (Å²) in [4.78, 5) is 10.2. The van der Waals surface area contributed by atoms with Gasteiger partial charge in [0.2, 0.25) is 0 Å². The Hall–Kier alpha value is -1.57. The van der Waals surface area contributed by atoms with Gasteiger partial charge in [-0.1, -0.05) is 30.3 Å². The molecule has 74 valence electrons. The first-order chi connectivity index (χ1) is 6.70. The minimum atomic E-state index is -0.880. The Morgan fingerprint density at radius 3 is 2.79 bits per heavy atom. The average Bonchev–Trinajstić information content (AvgIpc) is 2.15. The van der Waals surface area contributed by atoms with Gasteiger partial charge in [-0.3, -0.25) is 0 Å². The van der Waals surface area contributed by atoms with Crippen molar-refractivity contribution in [2.45, 2.75) is 19.8 Å². The van der Waals surface area contributed by atoms with Gasteiger partial charge in [-0.25, -0.2) is 4.79 Å². The van der Waals surface area contributed by atoms with Crippen molar-refractivity contribution in [1.29, 1.82) is 0 Å². The third-order valence-electron chi connectivity index (χ3n) is 2.10. The molecular weight excluding hydrogens is 176 g/mol. The largest absolute Gasteiger partial charge is 0.478 e. The maximum absolute atomic E-state index is 10.2. The number of carboxylic acids is 1. The van der Waals surface area contributed by atoms with E-state index >= 15 is 0 Å². The Morgan fingerprint density at radius 2 is 2.14 bits per heavy atom. The molecule has 0 fully saturated rings. The van der Waals surface area contributed by atoms with Crippen LogP contribution in [0.3, 0.4) is 0 Å². The SMILES string of the molecule is Cc1ccccc1CC/C=C/C(=O)O. The zero-order valence-corrected chi connectivity index (χ0v) is 8.23. The highest BCUT2D eigenvalue weighted by atomic mass is 16.4. The lowest BCUT2D eigenvalue weighted by atomic mass is 10.0. The van der Waals surface area contributed by atoms with Crippen molar-refractivity contribution >= 4 is 5.97 Å². The molecule has 2 heteroatoms. The van der Waals surface area contributed by atoms with E-state index in [1.54, 1.807) is 6.08 Å². The lowest BCUT2D eigenvalue weighted by molar-refractivity contribution is -0.131. The molecule has 14 heavy (non-hydrogen) atoms. The molecule has 0 bridgehead atoms. The first-order valence-corrected chi connectivity index (χ1v) is 4.64. The molecule has 0 amide bonds. The summed E-state index contributed by atoms with van der Waals surface area (Å²) in [5.41, 5.74) is 2.54. The second-order valence-electron chi connectivity index (χ2n) is 3.21. The van der Waals surface area contributed by atoms with Gasteiger partial charge < -0.3 is 5.11 Å². The molecule has 1 aromatic carbocycles. The number of carbonyl (C=O) groups is 1. The van der Waals surface area contributed by atoms with Crippen LogP contribution in [-0.2, 0) is 11.2 Å². The van der Waals surface area contributed by atoms with Crippen LogP contribution in [0.25, 0.3) is 0 Å². The van der Waals surface area contributed by atoms with E-state index in [-0.39, 0.29) is 0 Å². The van der Waals surface area contributed by atoms with Crippen molar-refractivity contribution in [2.24, 2.45) is 0 Å². The second-order valence-corrected chi connectivity index (χ2v) is 3.21. The van der Waals surface area contributed by atoms with Crippen molar-refractivity contribution in [2.75, 3.05) is 0 Å². The van der Waals surface area contributed by atoms with Crippen LogP contribution in [0.4, 0.5) is 0 Å². The zero-order chi connectivity index (χ0) is 10.4. The molecule has 0 radical (unpaired) electrons. The van der Waals surface area contributed by atoms with E-state index in [4.69, 9.17) is 5.11 Å². The number of allylic oxidation sites excluding steroid dienone is 1. The summed E-state index contributed by atoms with van der Waals surface area (Å²) in [5.74, 6) is -0.880. The molecule has 1 rings (SSSR count). The molecule has 0 unspecified atom stereocenters. The average molecular weight is 190 g/mol. The zero-order valence-electron chi connectivity index (χ0n) is 8.23. The molecule has 0 spiro atoms. The van der Waals surface area contributed by atoms with Crippen LogP contribution in [0.15, 0.2) is 36.4 Å². The summed E-state index contributed by atoms with van der Waals surface area (Å²) in [6, 6.07) is 8.15. The second kappa shape index (κ2) is 5.22. The summed E-state index contributed by atoms with van der Waals surface area (Å²) in [5, 5.41) is 8.38. The lowest BCUT2D eigenvalue weighted by Gasteiger charge is -2.01. The van der Waals surface area contributed by atoms with Gasteiger partial charge in [0, 0.05) is 6.08 Å². The Bertz CT molecular complexity index is 340. The molecule has 0 saturated carbocycles. The summed E-state index contributed by atoms with van der Waals surface area (Å²) < 4.78 is 0. The quantitative estimate of drug-likeness (QED) is 0.741. The topological polar surface area (TPSA) is 37.3 Å². The highest BCUT2D eigenvalue weighted by Crippen LogP contribution is 2.09. The number of hydrogen-bond acceptors (Lipinski definition) is 1. The standard InChI is InChI=1S/C12H14O2/c1-10-6-2-3-7-11(10)8-4-5-9-12(13)14/h2-3,5-7,9H,4,8H2,1H3,(H,13,14)/b9-5+. The molecule has 0 heterocycles. The highest BCUT2D eigenvalue weighted by molar-refractivity contribution is 5.79. The fourth-order valence-electron chi connectivity index (χ4n) is 1.31. The van der Waals surface area contributed by atoms with Crippen LogP contribution in [-0.4, -0.2) is 11.1 Å². The van der Waals surface area contributed by atoms with Crippen LogP contribution in [0, 0.1) is 6.92 Å². The lowest BCUT2D eigenvalue weighted by Crippen LogP contribution is -1.89. The summed E-state index contributed by atoms with van der Waals surface area (Å²) in [7, 11) is 0. The van der Waals surface area contributed by atoms with Gasteiger partial charge >= 0.3 is 5.97 Å². The molecule has 1 aromatic rings. The first kappa shape index (κ1) is 10.5. The minimum Gasteiger partial charge on any atom is -0.478 e. The van der Waals surface area contributed by atoms with Crippen molar-refractivity contribution in [3.63, 3.8) is 0 Å². The highest BCUT2D eigenvalue weighted by Gasteiger charge is 1.94.